The molecule has 0 spiro atoms. The fourth-order valence-electron chi connectivity index (χ4n) is 2.24. The summed E-state index contributed by atoms with van der Waals surface area (Å²) in [6.07, 6.45) is 0. The number of rotatable bonds is 3. The lowest BCUT2D eigenvalue weighted by molar-refractivity contribution is 0.00695. The summed E-state index contributed by atoms with van der Waals surface area (Å²) < 4.78 is 41.3. The first-order valence-corrected chi connectivity index (χ1v) is 8.39. The minimum atomic E-state index is -2.68. The molecule has 1 unspecified atom stereocenters. The minimum Gasteiger partial charge on any atom is -0.768 e. The normalized spacial score (nSPS) is 12.8. The highest BCUT2D eigenvalue weighted by atomic mass is 32.2. The summed E-state index contributed by atoms with van der Waals surface area (Å²) in [4.78, 5) is 11.8. The molecule has 24 heavy (non-hydrogen) atoms. The van der Waals surface area contributed by atoms with E-state index in [0.29, 0.717) is 22.3 Å². The zero-order chi connectivity index (χ0) is 18.1. The Balaban J connectivity index is 2.47. The van der Waals surface area contributed by atoms with E-state index in [-0.39, 0.29) is 0 Å². The Kier molecular flexibility index (Phi) is 5.20. The average molecular weight is 349 g/mol. The third kappa shape index (κ3) is 4.27. The molecule has 0 fully saturated rings. The molecule has 0 heterocycles. The van der Waals surface area contributed by atoms with E-state index in [4.69, 9.17) is 4.74 Å². The van der Waals surface area contributed by atoms with E-state index in [0.717, 1.165) is 0 Å². The molecule has 0 aliphatic rings. The Hall–Kier alpha value is -2.05. The van der Waals surface area contributed by atoms with Crippen LogP contribution in [0.15, 0.2) is 41.3 Å². The van der Waals surface area contributed by atoms with Gasteiger partial charge < -0.3 is 9.29 Å². The molecule has 0 bridgehead atoms. The van der Waals surface area contributed by atoms with Crippen LogP contribution >= 0.6 is 0 Å². The predicted octanol–water partition coefficient (Wildman–Crippen LogP) is 3.99. The van der Waals surface area contributed by atoms with E-state index in [9.17, 15) is 17.9 Å². The van der Waals surface area contributed by atoms with Crippen molar-refractivity contribution < 1.29 is 22.7 Å². The topological polar surface area (TPSA) is 66.4 Å². The minimum absolute atomic E-state index is 0.343. The molecule has 0 aliphatic carbocycles. The van der Waals surface area contributed by atoms with Gasteiger partial charge in [0.1, 0.15) is 11.4 Å². The summed E-state index contributed by atoms with van der Waals surface area (Å²) in [5.74, 6) is -1.27. The van der Waals surface area contributed by atoms with E-state index in [1.165, 1.54) is 12.1 Å². The van der Waals surface area contributed by atoms with E-state index >= 15 is 0 Å². The molecule has 0 aliphatic heterocycles. The van der Waals surface area contributed by atoms with Crippen LogP contribution in [0.2, 0.25) is 0 Å². The van der Waals surface area contributed by atoms with Crippen LogP contribution in [0.1, 0.15) is 36.7 Å². The van der Waals surface area contributed by atoms with Gasteiger partial charge in [-0.3, -0.25) is 4.21 Å². The largest absolute Gasteiger partial charge is 0.768 e. The summed E-state index contributed by atoms with van der Waals surface area (Å²) in [7, 11) is 0. The van der Waals surface area contributed by atoms with E-state index in [1.807, 2.05) is 0 Å². The lowest BCUT2D eigenvalue weighted by Crippen LogP contribution is -2.23. The van der Waals surface area contributed by atoms with Crippen molar-refractivity contribution >= 4 is 17.0 Å². The molecule has 4 nitrogen and oxygen atoms in total. The van der Waals surface area contributed by atoms with Crippen molar-refractivity contribution in [2.24, 2.45) is 0 Å². The van der Waals surface area contributed by atoms with Crippen molar-refractivity contribution in [3.63, 3.8) is 0 Å². The van der Waals surface area contributed by atoms with Crippen molar-refractivity contribution in [2.75, 3.05) is 0 Å². The number of halogens is 1. The lowest BCUT2D eigenvalue weighted by Gasteiger charge is -2.20. The van der Waals surface area contributed by atoms with Crippen LogP contribution in [0.3, 0.4) is 0 Å². The van der Waals surface area contributed by atoms with Gasteiger partial charge in [0.15, 0.2) is 0 Å². The van der Waals surface area contributed by atoms with Gasteiger partial charge in [-0.15, -0.1) is 0 Å². The SMILES string of the molecule is Cc1cc(F)c(S(=O)[O-])cc1-c1cccc(C(=O)OC(C)(C)C)c1. The highest BCUT2D eigenvalue weighted by Gasteiger charge is 2.18. The Morgan fingerprint density at radius 3 is 2.46 bits per heavy atom. The molecule has 0 amide bonds. The van der Waals surface area contributed by atoms with Gasteiger partial charge in [-0.1, -0.05) is 12.1 Å². The molecule has 2 aromatic rings. The van der Waals surface area contributed by atoms with E-state index < -0.39 is 33.4 Å². The molecule has 0 aromatic heterocycles. The van der Waals surface area contributed by atoms with Crippen molar-refractivity contribution in [3.8, 4) is 11.1 Å². The molecule has 2 rings (SSSR count). The van der Waals surface area contributed by atoms with E-state index in [1.54, 1.807) is 52.0 Å². The summed E-state index contributed by atoms with van der Waals surface area (Å²) in [6.45, 7) is 6.99. The zero-order valence-corrected chi connectivity index (χ0v) is 14.7. The molecular weight excluding hydrogens is 331 g/mol. The number of carbonyl (C=O) groups is 1. The van der Waals surface area contributed by atoms with Crippen LogP contribution in [0, 0.1) is 12.7 Å². The quantitative estimate of drug-likeness (QED) is 0.621. The number of carbonyl (C=O) groups excluding carboxylic acids is 1. The van der Waals surface area contributed by atoms with Gasteiger partial charge >= 0.3 is 5.97 Å². The fourth-order valence-corrected chi connectivity index (χ4v) is 2.67. The van der Waals surface area contributed by atoms with E-state index in [2.05, 4.69) is 0 Å². The molecule has 0 saturated heterocycles. The van der Waals surface area contributed by atoms with Crippen molar-refractivity contribution in [1.82, 2.24) is 0 Å². The van der Waals surface area contributed by atoms with Crippen molar-refractivity contribution in [1.29, 1.82) is 0 Å². The highest BCUT2D eigenvalue weighted by molar-refractivity contribution is 7.79. The second kappa shape index (κ2) is 6.83. The summed E-state index contributed by atoms with van der Waals surface area (Å²) in [5, 5.41) is 0. The molecule has 128 valence electrons. The van der Waals surface area contributed by atoms with Crippen LogP contribution in [-0.4, -0.2) is 20.3 Å². The van der Waals surface area contributed by atoms with Crippen LogP contribution in [0.4, 0.5) is 4.39 Å². The van der Waals surface area contributed by atoms with Gasteiger partial charge in [0.2, 0.25) is 0 Å². The monoisotopic (exact) mass is 349 g/mol. The van der Waals surface area contributed by atoms with Crippen molar-refractivity contribution in [3.05, 3.63) is 53.3 Å². The first-order chi connectivity index (χ1) is 11.1. The predicted molar refractivity (Wildman–Crippen MR) is 88.9 cm³/mol. The number of hydrogen-bond donors (Lipinski definition) is 0. The van der Waals surface area contributed by atoms with Gasteiger partial charge in [-0.2, -0.15) is 0 Å². The lowest BCUT2D eigenvalue weighted by atomic mass is 9.98. The highest BCUT2D eigenvalue weighted by Crippen LogP contribution is 2.28. The van der Waals surface area contributed by atoms with Crippen molar-refractivity contribution in [2.45, 2.75) is 38.2 Å². The number of ether oxygens (including phenoxy) is 1. The number of aryl methyl sites for hydroxylation is 1. The number of hydrogen-bond acceptors (Lipinski definition) is 4. The maximum Gasteiger partial charge on any atom is 0.338 e. The van der Waals surface area contributed by atoms with Crippen LogP contribution < -0.4 is 0 Å². The first kappa shape index (κ1) is 18.3. The van der Waals surface area contributed by atoms with Crippen LogP contribution in [0.5, 0.6) is 0 Å². The van der Waals surface area contributed by atoms with Crippen LogP contribution in [-0.2, 0) is 15.8 Å². The standard InChI is InChI=1S/C18H19FO4S/c1-11-8-15(19)16(24(21)22)10-14(11)12-6-5-7-13(9-12)17(20)23-18(2,3)4/h5-10H,1-4H3,(H,21,22)/p-1. The van der Waals surface area contributed by atoms with Gasteiger partial charge in [0, 0.05) is 0 Å². The van der Waals surface area contributed by atoms with Crippen LogP contribution in [0.25, 0.3) is 11.1 Å². The number of benzene rings is 2. The summed E-state index contributed by atoms with van der Waals surface area (Å²) in [6, 6.07) is 9.05. The third-order valence-corrected chi connectivity index (χ3v) is 3.94. The Morgan fingerprint density at radius 1 is 1.21 bits per heavy atom. The molecular formula is C18H18FO4S-. The van der Waals surface area contributed by atoms with Gasteiger partial charge in [0.05, 0.1) is 10.5 Å². The molecule has 0 saturated carbocycles. The summed E-state index contributed by atoms with van der Waals surface area (Å²) in [5.41, 5.74) is 1.45. The smallest absolute Gasteiger partial charge is 0.338 e. The van der Waals surface area contributed by atoms with Gasteiger partial charge in [-0.25, -0.2) is 9.18 Å². The molecule has 0 radical (unpaired) electrons. The first-order valence-electron chi connectivity index (χ1n) is 7.31. The second-order valence-corrected chi connectivity index (χ2v) is 7.32. The zero-order valence-electron chi connectivity index (χ0n) is 13.9. The third-order valence-electron chi connectivity index (χ3n) is 3.27. The van der Waals surface area contributed by atoms with Gasteiger partial charge in [0.25, 0.3) is 0 Å². The molecule has 1 atom stereocenters. The fraction of sp³-hybridized carbons (Fsp3) is 0.278. The molecule has 0 N–H and O–H groups in total. The second-order valence-electron chi connectivity index (χ2n) is 6.41. The Labute approximate surface area is 142 Å². The maximum absolute atomic E-state index is 13.7. The Bertz CT molecular complexity index is 809. The summed E-state index contributed by atoms with van der Waals surface area (Å²) >= 11 is -2.68. The van der Waals surface area contributed by atoms with Gasteiger partial charge in [-0.05, 0) is 79.7 Å². The number of esters is 1. The molecule has 2 aromatic carbocycles. The molecule has 6 heteroatoms. The Morgan fingerprint density at radius 2 is 1.88 bits per heavy atom. The average Bonchev–Trinajstić information content (AvgIpc) is 2.45. The maximum atomic E-state index is 13.7.